The molecule has 1 atom stereocenters. The van der Waals surface area contributed by atoms with Crippen LogP contribution in [-0.4, -0.2) is 37.8 Å². The minimum Gasteiger partial charge on any atom is -0.333 e. The van der Waals surface area contributed by atoms with E-state index in [2.05, 4.69) is 26.9 Å². The van der Waals surface area contributed by atoms with Gasteiger partial charge in [0.1, 0.15) is 12.2 Å². The predicted octanol–water partition coefficient (Wildman–Crippen LogP) is 4.03. The van der Waals surface area contributed by atoms with Crippen molar-refractivity contribution in [1.29, 1.82) is 0 Å². The second kappa shape index (κ2) is 8.69. The summed E-state index contributed by atoms with van der Waals surface area (Å²) in [6, 6.07) is 11.3. The van der Waals surface area contributed by atoms with Crippen molar-refractivity contribution >= 4 is 5.91 Å². The fourth-order valence-corrected chi connectivity index (χ4v) is 3.10. The van der Waals surface area contributed by atoms with E-state index in [1.807, 2.05) is 50.2 Å². The molecule has 6 heteroatoms. The number of rotatable bonds is 6. The molecular weight excluding hydrogens is 350 g/mol. The Kier molecular flexibility index (Phi) is 6.09. The van der Waals surface area contributed by atoms with E-state index >= 15 is 0 Å². The average molecular weight is 375 g/mol. The van der Waals surface area contributed by atoms with Crippen molar-refractivity contribution in [1.82, 2.24) is 24.8 Å². The van der Waals surface area contributed by atoms with Gasteiger partial charge in [-0.25, -0.2) is 19.9 Å². The highest BCUT2D eigenvalue weighted by Crippen LogP contribution is 2.23. The minimum atomic E-state index is -0.156. The third-order valence-corrected chi connectivity index (χ3v) is 4.74. The first kappa shape index (κ1) is 19.6. The van der Waals surface area contributed by atoms with Gasteiger partial charge < -0.3 is 4.90 Å². The maximum absolute atomic E-state index is 13.0. The zero-order valence-electron chi connectivity index (χ0n) is 16.8. The summed E-state index contributed by atoms with van der Waals surface area (Å²) >= 11 is 0. The average Bonchev–Trinajstić information content (AvgIpc) is 2.72. The maximum Gasteiger partial charge on any atom is 0.254 e. The lowest BCUT2D eigenvalue weighted by Gasteiger charge is -2.24. The Labute approximate surface area is 165 Å². The summed E-state index contributed by atoms with van der Waals surface area (Å²) in [6.45, 7) is 5.98. The summed E-state index contributed by atoms with van der Waals surface area (Å²) in [5.41, 5.74) is 4.21. The molecule has 144 valence electrons. The first-order valence-corrected chi connectivity index (χ1v) is 9.47. The maximum atomic E-state index is 13.0. The molecule has 0 bridgehead atoms. The van der Waals surface area contributed by atoms with Crippen LogP contribution in [0.2, 0.25) is 0 Å². The van der Waals surface area contributed by atoms with E-state index in [9.17, 15) is 4.79 Å². The molecule has 2 aromatic heterocycles. The van der Waals surface area contributed by atoms with Crippen molar-refractivity contribution < 1.29 is 4.79 Å². The van der Waals surface area contributed by atoms with Gasteiger partial charge in [0.2, 0.25) is 0 Å². The van der Waals surface area contributed by atoms with Gasteiger partial charge in [0, 0.05) is 30.1 Å². The lowest BCUT2D eigenvalue weighted by atomic mass is 10.0. The van der Waals surface area contributed by atoms with E-state index in [-0.39, 0.29) is 11.9 Å². The fourth-order valence-electron chi connectivity index (χ4n) is 3.10. The van der Waals surface area contributed by atoms with Crippen molar-refractivity contribution in [2.45, 2.75) is 39.7 Å². The third kappa shape index (κ3) is 4.39. The van der Waals surface area contributed by atoms with Crippen LogP contribution < -0.4 is 0 Å². The van der Waals surface area contributed by atoms with Crippen LogP contribution in [0.25, 0.3) is 11.3 Å². The van der Waals surface area contributed by atoms with Crippen molar-refractivity contribution in [3.63, 3.8) is 0 Å². The molecule has 0 radical (unpaired) electrons. The molecule has 0 aliphatic rings. The monoisotopic (exact) mass is 375 g/mol. The summed E-state index contributed by atoms with van der Waals surface area (Å²) < 4.78 is 0. The molecule has 0 spiro atoms. The molecule has 28 heavy (non-hydrogen) atoms. The smallest absolute Gasteiger partial charge is 0.254 e. The van der Waals surface area contributed by atoms with Gasteiger partial charge in [0.05, 0.1) is 17.4 Å². The molecule has 3 rings (SSSR count). The highest BCUT2D eigenvalue weighted by atomic mass is 16.2. The van der Waals surface area contributed by atoms with Crippen LogP contribution >= 0.6 is 0 Å². The fraction of sp³-hybridized carbons (Fsp3) is 0.318. The standard InChI is InChI=1S/C22H25N5O/c1-5-7-19-13-21(26-16(3)25-19)17-8-6-9-18(12-17)22(28)27(4)15(2)20-10-11-23-14-24-20/h6,8-15H,5,7H2,1-4H3. The minimum absolute atomic E-state index is 0.0625. The second-order valence-corrected chi connectivity index (χ2v) is 6.85. The van der Waals surface area contributed by atoms with Crippen molar-refractivity contribution in [3.8, 4) is 11.3 Å². The first-order valence-electron chi connectivity index (χ1n) is 9.47. The van der Waals surface area contributed by atoms with Gasteiger partial charge >= 0.3 is 0 Å². The molecule has 6 nitrogen and oxygen atoms in total. The molecule has 0 aliphatic heterocycles. The molecular formula is C22H25N5O. The molecule has 1 amide bonds. The number of nitrogens with zero attached hydrogens (tertiary/aromatic N) is 5. The Hall–Kier alpha value is -3.15. The molecule has 0 saturated carbocycles. The second-order valence-electron chi connectivity index (χ2n) is 6.85. The normalized spacial score (nSPS) is 11.9. The largest absolute Gasteiger partial charge is 0.333 e. The molecule has 0 aliphatic carbocycles. The Morgan fingerprint density at radius 3 is 2.71 bits per heavy atom. The molecule has 2 heterocycles. The summed E-state index contributed by atoms with van der Waals surface area (Å²) in [5, 5.41) is 0. The van der Waals surface area contributed by atoms with E-state index in [1.54, 1.807) is 18.1 Å². The Morgan fingerprint density at radius 1 is 1.18 bits per heavy atom. The van der Waals surface area contributed by atoms with Crippen LogP contribution in [0.5, 0.6) is 0 Å². The van der Waals surface area contributed by atoms with Gasteiger partial charge in [0.15, 0.2) is 0 Å². The van der Waals surface area contributed by atoms with Crippen molar-refractivity contribution in [3.05, 3.63) is 71.7 Å². The third-order valence-electron chi connectivity index (χ3n) is 4.74. The summed E-state index contributed by atoms with van der Waals surface area (Å²) in [7, 11) is 1.79. The van der Waals surface area contributed by atoms with Crippen LogP contribution in [0.4, 0.5) is 0 Å². The molecule has 3 aromatic rings. The number of carbonyl (C=O) groups is 1. The van der Waals surface area contributed by atoms with E-state index in [1.165, 1.54) is 6.33 Å². The number of hydrogen-bond donors (Lipinski definition) is 0. The van der Waals surface area contributed by atoms with Gasteiger partial charge in [-0.15, -0.1) is 0 Å². The van der Waals surface area contributed by atoms with Crippen LogP contribution in [0, 0.1) is 6.92 Å². The van der Waals surface area contributed by atoms with Crippen molar-refractivity contribution in [2.75, 3.05) is 7.05 Å². The zero-order chi connectivity index (χ0) is 20.1. The van der Waals surface area contributed by atoms with Gasteiger partial charge in [-0.3, -0.25) is 4.79 Å². The molecule has 1 unspecified atom stereocenters. The molecule has 0 N–H and O–H groups in total. The van der Waals surface area contributed by atoms with E-state index in [4.69, 9.17) is 0 Å². The van der Waals surface area contributed by atoms with Crippen molar-refractivity contribution in [2.24, 2.45) is 0 Å². The zero-order valence-corrected chi connectivity index (χ0v) is 16.8. The van der Waals surface area contributed by atoms with Crippen LogP contribution in [0.3, 0.4) is 0 Å². The SMILES string of the molecule is CCCc1cc(-c2cccc(C(=O)N(C)C(C)c3ccncn3)c2)nc(C)n1. The molecule has 1 aromatic carbocycles. The van der Waals surface area contributed by atoms with Crippen LogP contribution in [-0.2, 0) is 6.42 Å². The summed E-state index contributed by atoms with van der Waals surface area (Å²) in [6.07, 6.45) is 5.12. The molecule has 0 fully saturated rings. The summed E-state index contributed by atoms with van der Waals surface area (Å²) in [5.74, 6) is 0.680. The lowest BCUT2D eigenvalue weighted by Crippen LogP contribution is -2.30. The van der Waals surface area contributed by atoms with Gasteiger partial charge in [-0.2, -0.15) is 0 Å². The number of aryl methyl sites for hydroxylation is 2. The van der Waals surface area contributed by atoms with E-state index in [0.29, 0.717) is 5.56 Å². The van der Waals surface area contributed by atoms with Crippen LogP contribution in [0.1, 0.15) is 53.9 Å². The van der Waals surface area contributed by atoms with E-state index < -0.39 is 0 Å². The number of benzene rings is 1. The Morgan fingerprint density at radius 2 is 2.00 bits per heavy atom. The number of amides is 1. The topological polar surface area (TPSA) is 71.9 Å². The molecule has 0 saturated heterocycles. The number of aromatic nitrogens is 4. The number of carbonyl (C=O) groups excluding carboxylic acids is 1. The van der Waals surface area contributed by atoms with Gasteiger partial charge in [0.25, 0.3) is 5.91 Å². The lowest BCUT2D eigenvalue weighted by molar-refractivity contribution is 0.0739. The van der Waals surface area contributed by atoms with Gasteiger partial charge in [-0.05, 0) is 44.5 Å². The highest BCUT2D eigenvalue weighted by Gasteiger charge is 2.20. The Balaban J connectivity index is 1.88. The summed E-state index contributed by atoms with van der Waals surface area (Å²) in [4.78, 5) is 32.0. The van der Waals surface area contributed by atoms with E-state index in [0.717, 1.165) is 41.3 Å². The quantitative estimate of drug-likeness (QED) is 0.650. The highest BCUT2D eigenvalue weighted by molar-refractivity contribution is 5.95. The first-order chi connectivity index (χ1) is 13.5. The Bertz CT molecular complexity index is 958. The predicted molar refractivity (Wildman–Crippen MR) is 109 cm³/mol. The number of hydrogen-bond acceptors (Lipinski definition) is 5. The van der Waals surface area contributed by atoms with Gasteiger partial charge in [-0.1, -0.05) is 25.5 Å². The van der Waals surface area contributed by atoms with Crippen LogP contribution in [0.15, 0.2) is 48.9 Å².